The second kappa shape index (κ2) is 7.34. The Morgan fingerprint density at radius 1 is 1.08 bits per heavy atom. The van der Waals surface area contributed by atoms with Crippen LogP contribution in [0.5, 0.6) is 0 Å². The average molecular weight is 334 g/mol. The first-order valence-corrected chi connectivity index (χ1v) is 8.50. The van der Waals surface area contributed by atoms with E-state index >= 15 is 0 Å². The number of nitrogens with zero attached hydrogens (tertiary/aromatic N) is 1. The Morgan fingerprint density at radius 2 is 1.76 bits per heavy atom. The van der Waals surface area contributed by atoms with Crippen molar-refractivity contribution in [3.05, 3.63) is 82.1 Å². The predicted octanol–water partition coefficient (Wildman–Crippen LogP) is 3.23. The molecule has 0 aliphatic heterocycles. The van der Waals surface area contributed by atoms with E-state index in [2.05, 4.69) is 5.32 Å². The topological polar surface area (TPSA) is 51.1 Å². The van der Waals surface area contributed by atoms with Gasteiger partial charge in [0.25, 0.3) is 5.56 Å². The van der Waals surface area contributed by atoms with Crippen LogP contribution in [0.1, 0.15) is 24.1 Å². The van der Waals surface area contributed by atoms with Gasteiger partial charge in [0.1, 0.15) is 6.04 Å². The number of rotatable bonds is 5. The summed E-state index contributed by atoms with van der Waals surface area (Å²) < 4.78 is 1.57. The van der Waals surface area contributed by atoms with Crippen LogP contribution in [0.25, 0.3) is 10.9 Å². The summed E-state index contributed by atoms with van der Waals surface area (Å²) in [4.78, 5) is 25.0. The Kier molecular flexibility index (Phi) is 4.98. The summed E-state index contributed by atoms with van der Waals surface area (Å²) in [5.74, 6) is -0.146. The molecule has 0 aliphatic carbocycles. The number of carbonyl (C=O) groups is 1. The average Bonchev–Trinajstić information content (AvgIpc) is 2.62. The van der Waals surface area contributed by atoms with Crippen molar-refractivity contribution in [1.29, 1.82) is 0 Å². The van der Waals surface area contributed by atoms with Gasteiger partial charge in [0, 0.05) is 18.0 Å². The molecule has 2 aromatic carbocycles. The Labute approximate surface area is 147 Å². The smallest absolute Gasteiger partial charge is 0.252 e. The standard InChI is InChI=1S/C21H22N2O2/c1-15-14-20(24)23(19-11-7-6-10-18(15)19)16(2)21(25)22-13-12-17-8-4-3-5-9-17/h3-11,14,16H,12-13H2,1-2H3,(H,22,25)/t16-/m1/s1. The van der Waals surface area contributed by atoms with Gasteiger partial charge in [-0.15, -0.1) is 0 Å². The highest BCUT2D eigenvalue weighted by atomic mass is 16.2. The maximum atomic E-state index is 12.5. The van der Waals surface area contributed by atoms with Crippen LogP contribution in [0, 0.1) is 6.92 Å². The number of aromatic nitrogens is 1. The number of fused-ring (bicyclic) bond motifs is 1. The molecule has 0 fully saturated rings. The van der Waals surface area contributed by atoms with Gasteiger partial charge in [0.05, 0.1) is 5.52 Å². The summed E-state index contributed by atoms with van der Waals surface area (Å²) in [6.07, 6.45) is 0.767. The molecule has 1 N–H and O–H groups in total. The van der Waals surface area contributed by atoms with Crippen molar-refractivity contribution in [2.75, 3.05) is 6.54 Å². The number of aryl methyl sites for hydroxylation is 1. The van der Waals surface area contributed by atoms with Crippen LogP contribution in [-0.4, -0.2) is 17.0 Å². The SMILES string of the molecule is Cc1cc(=O)n([C@H](C)C(=O)NCCc2ccccc2)c2ccccc12. The normalized spacial score (nSPS) is 12.1. The number of amides is 1. The van der Waals surface area contributed by atoms with Crippen molar-refractivity contribution in [2.24, 2.45) is 0 Å². The molecule has 3 aromatic rings. The highest BCUT2D eigenvalue weighted by Crippen LogP contribution is 2.19. The van der Waals surface area contributed by atoms with Crippen molar-refractivity contribution in [1.82, 2.24) is 9.88 Å². The molecular formula is C21H22N2O2. The van der Waals surface area contributed by atoms with E-state index in [4.69, 9.17) is 0 Å². The molecule has 0 spiro atoms. The number of carbonyl (C=O) groups excluding carboxylic acids is 1. The molecular weight excluding hydrogens is 312 g/mol. The number of hydrogen-bond acceptors (Lipinski definition) is 2. The Bertz CT molecular complexity index is 945. The third-order valence-electron chi connectivity index (χ3n) is 4.49. The molecule has 4 heteroatoms. The van der Waals surface area contributed by atoms with Crippen molar-refractivity contribution < 1.29 is 4.79 Å². The molecule has 0 bridgehead atoms. The van der Waals surface area contributed by atoms with Gasteiger partial charge in [-0.05, 0) is 37.5 Å². The summed E-state index contributed by atoms with van der Waals surface area (Å²) in [6.45, 7) is 4.23. The van der Waals surface area contributed by atoms with Crippen molar-refractivity contribution in [2.45, 2.75) is 26.3 Å². The lowest BCUT2D eigenvalue weighted by atomic mass is 10.1. The lowest BCUT2D eigenvalue weighted by Gasteiger charge is -2.18. The zero-order valence-corrected chi connectivity index (χ0v) is 14.5. The largest absolute Gasteiger partial charge is 0.354 e. The van der Waals surface area contributed by atoms with Crippen molar-refractivity contribution in [3.63, 3.8) is 0 Å². The molecule has 128 valence electrons. The van der Waals surface area contributed by atoms with Crippen LogP contribution in [0.15, 0.2) is 65.5 Å². The molecule has 4 nitrogen and oxygen atoms in total. The first kappa shape index (κ1) is 17.0. The second-order valence-corrected chi connectivity index (χ2v) is 6.26. The number of para-hydroxylation sites is 1. The van der Waals surface area contributed by atoms with Gasteiger partial charge in [0.2, 0.25) is 5.91 Å². The zero-order chi connectivity index (χ0) is 17.8. The van der Waals surface area contributed by atoms with Crippen LogP contribution in [0.3, 0.4) is 0 Å². The quantitative estimate of drug-likeness (QED) is 0.779. The maximum Gasteiger partial charge on any atom is 0.252 e. The highest BCUT2D eigenvalue weighted by Gasteiger charge is 2.18. The van der Waals surface area contributed by atoms with Gasteiger partial charge in [-0.3, -0.25) is 14.2 Å². The van der Waals surface area contributed by atoms with E-state index in [1.807, 2.05) is 61.5 Å². The number of hydrogen-bond donors (Lipinski definition) is 1. The van der Waals surface area contributed by atoms with Gasteiger partial charge in [-0.2, -0.15) is 0 Å². The summed E-state index contributed by atoms with van der Waals surface area (Å²) in [5.41, 5.74) is 2.74. The number of nitrogens with one attached hydrogen (secondary N) is 1. The van der Waals surface area contributed by atoms with Gasteiger partial charge < -0.3 is 5.32 Å². The number of benzene rings is 2. The van der Waals surface area contributed by atoms with Crippen LogP contribution in [0.2, 0.25) is 0 Å². The van der Waals surface area contributed by atoms with Gasteiger partial charge in [0.15, 0.2) is 0 Å². The van der Waals surface area contributed by atoms with E-state index in [1.165, 1.54) is 5.56 Å². The molecule has 1 atom stereocenters. The minimum Gasteiger partial charge on any atom is -0.354 e. The number of pyridine rings is 1. The lowest BCUT2D eigenvalue weighted by Crippen LogP contribution is -2.36. The molecule has 25 heavy (non-hydrogen) atoms. The Balaban J connectivity index is 1.78. The maximum absolute atomic E-state index is 12.5. The summed E-state index contributed by atoms with van der Waals surface area (Å²) in [7, 11) is 0. The molecule has 0 radical (unpaired) electrons. The molecule has 0 saturated heterocycles. The van der Waals surface area contributed by atoms with Crippen LogP contribution < -0.4 is 10.9 Å². The summed E-state index contributed by atoms with van der Waals surface area (Å²) in [5, 5.41) is 3.93. The van der Waals surface area contributed by atoms with Crippen LogP contribution in [-0.2, 0) is 11.2 Å². The predicted molar refractivity (Wildman–Crippen MR) is 101 cm³/mol. The Hall–Kier alpha value is -2.88. The van der Waals surface area contributed by atoms with E-state index in [-0.39, 0.29) is 11.5 Å². The third kappa shape index (κ3) is 3.63. The fourth-order valence-corrected chi connectivity index (χ4v) is 3.11. The van der Waals surface area contributed by atoms with Gasteiger partial charge in [-0.1, -0.05) is 48.5 Å². The molecule has 1 heterocycles. The molecule has 1 aromatic heterocycles. The van der Waals surface area contributed by atoms with Crippen molar-refractivity contribution in [3.8, 4) is 0 Å². The minimum absolute atomic E-state index is 0.146. The van der Waals surface area contributed by atoms with Crippen molar-refractivity contribution >= 4 is 16.8 Å². The molecule has 0 unspecified atom stereocenters. The van der Waals surface area contributed by atoms with E-state index in [0.29, 0.717) is 6.54 Å². The van der Waals surface area contributed by atoms with Crippen LogP contribution >= 0.6 is 0 Å². The summed E-state index contributed by atoms with van der Waals surface area (Å²) >= 11 is 0. The minimum atomic E-state index is -0.561. The van der Waals surface area contributed by atoms with E-state index in [9.17, 15) is 9.59 Å². The molecule has 0 saturated carbocycles. The fraction of sp³-hybridized carbons (Fsp3) is 0.238. The summed E-state index contributed by atoms with van der Waals surface area (Å²) in [6, 6.07) is 18.7. The van der Waals surface area contributed by atoms with E-state index < -0.39 is 6.04 Å². The van der Waals surface area contributed by atoms with E-state index in [0.717, 1.165) is 22.9 Å². The first-order chi connectivity index (χ1) is 12.1. The zero-order valence-electron chi connectivity index (χ0n) is 14.5. The Morgan fingerprint density at radius 3 is 2.52 bits per heavy atom. The molecule has 1 amide bonds. The molecule has 3 rings (SSSR count). The first-order valence-electron chi connectivity index (χ1n) is 8.50. The highest BCUT2D eigenvalue weighted by molar-refractivity contribution is 5.86. The van der Waals surface area contributed by atoms with E-state index in [1.54, 1.807) is 17.6 Å². The third-order valence-corrected chi connectivity index (χ3v) is 4.49. The lowest BCUT2D eigenvalue weighted by molar-refractivity contribution is -0.123. The van der Waals surface area contributed by atoms with Crippen LogP contribution in [0.4, 0.5) is 0 Å². The second-order valence-electron chi connectivity index (χ2n) is 6.26. The monoisotopic (exact) mass is 334 g/mol. The van der Waals surface area contributed by atoms with Gasteiger partial charge in [-0.25, -0.2) is 0 Å². The fourth-order valence-electron chi connectivity index (χ4n) is 3.11. The van der Waals surface area contributed by atoms with Gasteiger partial charge >= 0.3 is 0 Å². The molecule has 0 aliphatic rings.